The van der Waals surface area contributed by atoms with Gasteiger partial charge < -0.3 is 4.74 Å². The molecule has 1 nitrogen and oxygen atoms in total. The van der Waals surface area contributed by atoms with Crippen LogP contribution in [0.1, 0.15) is 6.92 Å². The Morgan fingerprint density at radius 1 is 2.00 bits per heavy atom. The van der Waals surface area contributed by atoms with Crippen molar-refractivity contribution < 1.29 is 4.74 Å². The normalized spacial score (nSPS) is 8.12. The van der Waals surface area contributed by atoms with Crippen molar-refractivity contribution in [3.05, 3.63) is 12.0 Å². The first-order valence-electron chi connectivity index (χ1n) is 2.25. The summed E-state index contributed by atoms with van der Waals surface area (Å²) in [6, 6.07) is 0. The Labute approximate surface area is 59.1 Å². The van der Waals surface area contributed by atoms with Crippen LogP contribution in [0.4, 0.5) is 0 Å². The van der Waals surface area contributed by atoms with Crippen molar-refractivity contribution in [1.29, 1.82) is 0 Å². The summed E-state index contributed by atoms with van der Waals surface area (Å²) < 4.78 is 5.45. The molecule has 0 aromatic carbocycles. The van der Waals surface area contributed by atoms with Crippen LogP contribution < -0.4 is 0 Å². The Hall–Kier alpha value is -0.0200. The zero-order chi connectivity index (χ0) is 6.41. The Morgan fingerprint density at radius 3 is 3.00 bits per heavy atom. The zero-order valence-corrected chi connectivity index (χ0v) is 6.35. The highest BCUT2D eigenvalue weighted by molar-refractivity contribution is 8.24. The molecule has 0 rings (SSSR count). The largest absolute Gasteiger partial charge is 0.479 e. The van der Waals surface area contributed by atoms with Crippen molar-refractivity contribution in [3.8, 4) is 0 Å². The lowest BCUT2D eigenvalue weighted by Gasteiger charge is -1.97. The first-order chi connectivity index (χ1) is 3.81. The van der Waals surface area contributed by atoms with E-state index in [1.54, 1.807) is 5.41 Å². The molecule has 0 aliphatic heterocycles. The van der Waals surface area contributed by atoms with Crippen LogP contribution in [0.5, 0.6) is 0 Å². The summed E-state index contributed by atoms with van der Waals surface area (Å²) in [6.45, 7) is 6.02. The molecule has 0 spiro atoms. The molecule has 0 aromatic heterocycles. The summed E-state index contributed by atoms with van der Waals surface area (Å²) in [6.07, 6.45) is 0. The molecule has 0 aliphatic carbocycles. The van der Waals surface area contributed by atoms with Gasteiger partial charge in [0.1, 0.15) is 0 Å². The van der Waals surface area contributed by atoms with E-state index in [1.165, 1.54) is 11.8 Å². The van der Waals surface area contributed by atoms with Gasteiger partial charge in [0, 0.05) is 0 Å². The third kappa shape index (κ3) is 4.15. The van der Waals surface area contributed by atoms with Gasteiger partial charge in [-0.1, -0.05) is 6.58 Å². The summed E-state index contributed by atoms with van der Waals surface area (Å²) >= 11 is 6.05. The van der Waals surface area contributed by atoms with Crippen LogP contribution in [0.3, 0.4) is 0 Å². The topological polar surface area (TPSA) is 9.23 Å². The van der Waals surface area contributed by atoms with Crippen molar-refractivity contribution in [2.24, 2.45) is 0 Å². The monoisotopic (exact) mass is 148 g/mol. The predicted octanol–water partition coefficient (Wildman–Crippen LogP) is 2.18. The fraction of sp³-hybridized carbons (Fsp3) is 0.400. The Bertz CT molecular complexity index is 90.4. The molecule has 0 atom stereocenters. The van der Waals surface area contributed by atoms with Gasteiger partial charge in [0.15, 0.2) is 0 Å². The molecule has 46 valence electrons. The van der Waals surface area contributed by atoms with Crippen molar-refractivity contribution in [2.75, 3.05) is 6.61 Å². The minimum Gasteiger partial charge on any atom is -0.479 e. The SMILES string of the molecule is C=CSC(=S)OCC. The summed E-state index contributed by atoms with van der Waals surface area (Å²) in [7, 11) is 0. The van der Waals surface area contributed by atoms with Crippen LogP contribution in [0, 0.1) is 0 Å². The number of ether oxygens (including phenoxy) is 1. The van der Waals surface area contributed by atoms with Crippen molar-refractivity contribution >= 4 is 28.4 Å². The average molecular weight is 148 g/mol. The van der Waals surface area contributed by atoms with Gasteiger partial charge in [0.05, 0.1) is 6.61 Å². The van der Waals surface area contributed by atoms with Gasteiger partial charge in [-0.3, -0.25) is 0 Å². The van der Waals surface area contributed by atoms with Gasteiger partial charge >= 0.3 is 0 Å². The summed E-state index contributed by atoms with van der Waals surface area (Å²) in [5.41, 5.74) is 0. The summed E-state index contributed by atoms with van der Waals surface area (Å²) in [5.74, 6) is 0. The van der Waals surface area contributed by atoms with Gasteiger partial charge in [0.2, 0.25) is 4.38 Å². The van der Waals surface area contributed by atoms with Gasteiger partial charge in [-0.2, -0.15) is 0 Å². The van der Waals surface area contributed by atoms with E-state index in [1.807, 2.05) is 6.92 Å². The minimum absolute atomic E-state index is 0.544. The van der Waals surface area contributed by atoms with Crippen molar-refractivity contribution in [1.82, 2.24) is 0 Å². The molecule has 0 N–H and O–H groups in total. The van der Waals surface area contributed by atoms with Gasteiger partial charge in [-0.15, -0.1) is 0 Å². The third-order valence-electron chi connectivity index (χ3n) is 0.442. The maximum atomic E-state index is 4.91. The first kappa shape index (κ1) is 7.98. The molecule has 0 saturated carbocycles. The second-order valence-corrected chi connectivity index (χ2v) is 2.54. The van der Waals surface area contributed by atoms with E-state index in [-0.39, 0.29) is 0 Å². The van der Waals surface area contributed by atoms with E-state index in [4.69, 9.17) is 17.0 Å². The van der Waals surface area contributed by atoms with E-state index >= 15 is 0 Å². The number of thiocarbonyl (C=S) groups is 1. The molecular formula is C5H8OS2. The maximum absolute atomic E-state index is 4.91. The van der Waals surface area contributed by atoms with Crippen molar-refractivity contribution in [3.63, 3.8) is 0 Å². The molecule has 0 heterocycles. The number of hydrogen-bond donors (Lipinski definition) is 0. The smallest absolute Gasteiger partial charge is 0.224 e. The second-order valence-electron chi connectivity index (χ2n) is 0.968. The highest BCUT2D eigenvalue weighted by Gasteiger charge is 1.88. The minimum atomic E-state index is 0.544. The number of rotatable bonds is 2. The van der Waals surface area contributed by atoms with Crippen LogP contribution in [0.25, 0.3) is 0 Å². The van der Waals surface area contributed by atoms with Gasteiger partial charge in [-0.25, -0.2) is 0 Å². The van der Waals surface area contributed by atoms with E-state index in [2.05, 4.69) is 6.58 Å². The van der Waals surface area contributed by atoms with Crippen LogP contribution in [-0.2, 0) is 4.74 Å². The molecule has 8 heavy (non-hydrogen) atoms. The Balaban J connectivity index is 3.18. The average Bonchev–Trinajstić information content (AvgIpc) is 1.68. The highest BCUT2D eigenvalue weighted by atomic mass is 32.2. The predicted molar refractivity (Wildman–Crippen MR) is 42.0 cm³/mol. The van der Waals surface area contributed by atoms with Crippen LogP contribution >= 0.6 is 24.0 Å². The van der Waals surface area contributed by atoms with Crippen LogP contribution in [0.2, 0.25) is 0 Å². The zero-order valence-electron chi connectivity index (χ0n) is 4.72. The fourth-order valence-electron chi connectivity index (χ4n) is 0.220. The third-order valence-corrected chi connectivity index (χ3v) is 1.33. The van der Waals surface area contributed by atoms with Gasteiger partial charge in [-0.05, 0) is 36.3 Å². The highest BCUT2D eigenvalue weighted by Crippen LogP contribution is 2.04. The summed E-state index contributed by atoms with van der Waals surface area (Å²) in [4.78, 5) is 0. The van der Waals surface area contributed by atoms with E-state index in [0.717, 1.165) is 0 Å². The molecule has 0 fully saturated rings. The molecule has 0 radical (unpaired) electrons. The maximum Gasteiger partial charge on any atom is 0.224 e. The molecule has 0 bridgehead atoms. The molecular weight excluding hydrogens is 140 g/mol. The molecule has 0 aromatic rings. The second kappa shape index (κ2) is 5.12. The van der Waals surface area contributed by atoms with Crippen molar-refractivity contribution in [2.45, 2.75) is 6.92 Å². The van der Waals surface area contributed by atoms with E-state index in [0.29, 0.717) is 11.0 Å². The fourth-order valence-corrected chi connectivity index (χ4v) is 0.864. The standard InChI is InChI=1S/C5H8OS2/c1-3-6-5(7)8-4-2/h4H,2-3H2,1H3. The quantitative estimate of drug-likeness (QED) is 0.555. The molecule has 0 amide bonds. The lowest BCUT2D eigenvalue weighted by atomic mass is 10.9. The molecule has 3 heteroatoms. The number of thioether (sulfide) groups is 1. The Morgan fingerprint density at radius 2 is 2.62 bits per heavy atom. The van der Waals surface area contributed by atoms with E-state index < -0.39 is 0 Å². The Kier molecular flexibility index (Phi) is 5.11. The summed E-state index contributed by atoms with van der Waals surface area (Å²) in [5, 5.41) is 1.65. The molecule has 0 saturated heterocycles. The van der Waals surface area contributed by atoms with Crippen LogP contribution in [0.15, 0.2) is 12.0 Å². The lowest BCUT2D eigenvalue weighted by molar-refractivity contribution is 0.346. The van der Waals surface area contributed by atoms with Crippen LogP contribution in [-0.4, -0.2) is 11.0 Å². The van der Waals surface area contributed by atoms with E-state index in [9.17, 15) is 0 Å². The van der Waals surface area contributed by atoms with Gasteiger partial charge in [0.25, 0.3) is 0 Å². The number of hydrogen-bond acceptors (Lipinski definition) is 3. The lowest BCUT2D eigenvalue weighted by Crippen LogP contribution is -1.92. The molecule has 0 aliphatic rings. The first-order valence-corrected chi connectivity index (χ1v) is 3.54. The molecule has 0 unspecified atom stereocenters.